The van der Waals surface area contributed by atoms with Gasteiger partial charge in [0.05, 0.1) is 25.4 Å². The standard InChI is InChI=1S/C23H34O11/c1-10-4-5-22(8-30-11(2)25)13(6-10)33-19-17(29)18(21(22,3)23(19)9-31-23)34-20-16(28)15(27)14(26)12(7-24)32-20/h6,12-20,24,26-29H,4-5,7-9H2,1-3H3/t12-,13-,14-,15+,16-,17-,18-,19-,20-,21-,22-,23+/m1/s1. The molecule has 5 aliphatic rings. The van der Waals surface area contributed by atoms with Gasteiger partial charge in [0, 0.05) is 17.8 Å². The van der Waals surface area contributed by atoms with Crippen molar-refractivity contribution in [2.45, 2.75) is 94.3 Å². The van der Waals surface area contributed by atoms with Crippen LogP contribution in [0.4, 0.5) is 0 Å². The molecule has 0 aromatic carbocycles. The second-order valence-corrected chi connectivity index (χ2v) is 10.6. The van der Waals surface area contributed by atoms with Crippen LogP contribution in [0.3, 0.4) is 0 Å². The van der Waals surface area contributed by atoms with Gasteiger partial charge in [0.2, 0.25) is 0 Å². The highest BCUT2D eigenvalue weighted by atomic mass is 16.7. The van der Waals surface area contributed by atoms with Gasteiger partial charge in [-0.1, -0.05) is 18.6 Å². The Bertz CT molecular complexity index is 856. The Labute approximate surface area is 197 Å². The maximum atomic E-state index is 11.8. The lowest BCUT2D eigenvalue weighted by molar-refractivity contribution is -0.330. The summed E-state index contributed by atoms with van der Waals surface area (Å²) in [4.78, 5) is 11.8. The highest BCUT2D eigenvalue weighted by Gasteiger charge is 2.85. The van der Waals surface area contributed by atoms with E-state index in [0.29, 0.717) is 13.0 Å². The second-order valence-electron chi connectivity index (χ2n) is 10.6. The molecule has 0 amide bonds. The molecule has 2 aliphatic carbocycles. The topological polar surface area (TPSA) is 168 Å². The second kappa shape index (κ2) is 8.19. The van der Waals surface area contributed by atoms with Crippen molar-refractivity contribution in [3.63, 3.8) is 0 Å². The Morgan fingerprint density at radius 3 is 2.47 bits per heavy atom. The Morgan fingerprint density at radius 1 is 1.15 bits per heavy atom. The first-order chi connectivity index (χ1) is 16.0. The van der Waals surface area contributed by atoms with Crippen molar-refractivity contribution in [3.05, 3.63) is 11.6 Å². The molecule has 4 fully saturated rings. The fraction of sp³-hybridized carbons (Fsp3) is 0.870. The monoisotopic (exact) mass is 486 g/mol. The number of rotatable bonds is 5. The Balaban J connectivity index is 1.55. The molecule has 3 aliphatic heterocycles. The quantitative estimate of drug-likeness (QED) is 0.172. The summed E-state index contributed by atoms with van der Waals surface area (Å²) < 4.78 is 29.7. The minimum atomic E-state index is -1.63. The van der Waals surface area contributed by atoms with Crippen molar-refractivity contribution in [1.82, 2.24) is 0 Å². The van der Waals surface area contributed by atoms with Crippen LogP contribution in [0, 0.1) is 10.8 Å². The number of fused-ring (bicyclic) bond motifs is 2. The number of hydrogen-bond acceptors (Lipinski definition) is 11. The summed E-state index contributed by atoms with van der Waals surface area (Å²) in [6.45, 7) is 4.99. The predicted octanol–water partition coefficient (Wildman–Crippen LogP) is -1.62. The Kier molecular flexibility index (Phi) is 5.91. The third-order valence-electron chi connectivity index (χ3n) is 8.92. The summed E-state index contributed by atoms with van der Waals surface area (Å²) in [5.74, 6) is -0.444. The summed E-state index contributed by atoms with van der Waals surface area (Å²) in [7, 11) is 0. The van der Waals surface area contributed by atoms with E-state index < -0.39 is 84.1 Å². The fourth-order valence-corrected chi connectivity index (χ4v) is 6.77. The maximum Gasteiger partial charge on any atom is 0.302 e. The summed E-state index contributed by atoms with van der Waals surface area (Å²) in [6, 6.07) is 0. The zero-order chi connectivity index (χ0) is 24.6. The molecule has 0 aromatic heterocycles. The first kappa shape index (κ1) is 24.5. The van der Waals surface area contributed by atoms with E-state index in [2.05, 4.69) is 0 Å². The largest absolute Gasteiger partial charge is 0.465 e. The number of carbonyl (C=O) groups excluding carboxylic acids is 1. The highest BCUT2D eigenvalue weighted by molar-refractivity contribution is 5.66. The Hall–Kier alpha value is -1.15. The maximum absolute atomic E-state index is 11.8. The zero-order valence-corrected chi connectivity index (χ0v) is 19.5. The van der Waals surface area contributed by atoms with Crippen LogP contribution >= 0.6 is 0 Å². The number of hydrogen-bond donors (Lipinski definition) is 5. The number of aliphatic hydroxyl groups is 5. The van der Waals surface area contributed by atoms with Crippen LogP contribution in [0.25, 0.3) is 0 Å². The molecule has 0 aromatic rings. The third-order valence-corrected chi connectivity index (χ3v) is 8.92. The number of carbonyl (C=O) groups is 1. The summed E-state index contributed by atoms with van der Waals surface area (Å²) in [5.41, 5.74) is -1.50. The van der Waals surface area contributed by atoms with Crippen LogP contribution in [0.1, 0.15) is 33.6 Å². The molecular formula is C23H34O11. The molecule has 1 saturated carbocycles. The van der Waals surface area contributed by atoms with Crippen LogP contribution in [0.2, 0.25) is 0 Å². The zero-order valence-electron chi connectivity index (χ0n) is 19.5. The lowest BCUT2D eigenvalue weighted by atomic mass is 9.51. The van der Waals surface area contributed by atoms with Gasteiger partial charge in [0.15, 0.2) is 6.29 Å². The average molecular weight is 487 g/mol. The molecule has 11 nitrogen and oxygen atoms in total. The van der Waals surface area contributed by atoms with Crippen LogP contribution in [0.5, 0.6) is 0 Å². The van der Waals surface area contributed by atoms with Crippen LogP contribution in [0.15, 0.2) is 11.6 Å². The van der Waals surface area contributed by atoms with Crippen molar-refractivity contribution >= 4 is 5.97 Å². The fourth-order valence-electron chi connectivity index (χ4n) is 6.77. The molecule has 12 atom stereocenters. The first-order valence-electron chi connectivity index (χ1n) is 11.8. The van der Waals surface area contributed by atoms with Gasteiger partial charge in [0.1, 0.15) is 48.8 Å². The van der Waals surface area contributed by atoms with Crippen molar-refractivity contribution in [2.24, 2.45) is 10.8 Å². The smallest absolute Gasteiger partial charge is 0.302 e. The number of epoxide rings is 1. The molecule has 3 saturated heterocycles. The van der Waals surface area contributed by atoms with Gasteiger partial charge in [-0.05, 0) is 19.8 Å². The van der Waals surface area contributed by atoms with Gasteiger partial charge >= 0.3 is 5.97 Å². The van der Waals surface area contributed by atoms with Crippen molar-refractivity contribution in [3.8, 4) is 0 Å². The molecular weight excluding hydrogens is 452 g/mol. The van der Waals surface area contributed by atoms with E-state index in [1.165, 1.54) is 6.92 Å². The van der Waals surface area contributed by atoms with E-state index in [0.717, 1.165) is 12.0 Å². The molecule has 2 bridgehead atoms. The van der Waals surface area contributed by atoms with Gasteiger partial charge in [-0.3, -0.25) is 4.79 Å². The summed E-state index contributed by atoms with van der Waals surface area (Å²) in [6.07, 6.45) is -7.43. The van der Waals surface area contributed by atoms with Gasteiger partial charge < -0.3 is 49.2 Å². The number of allylic oxidation sites excluding steroid dienone is 1. The summed E-state index contributed by atoms with van der Waals surface area (Å²) in [5, 5.41) is 51.9. The van der Waals surface area contributed by atoms with E-state index in [1.807, 2.05) is 19.9 Å². The van der Waals surface area contributed by atoms with Crippen molar-refractivity contribution in [1.29, 1.82) is 0 Å². The lowest BCUT2D eigenvalue weighted by Gasteiger charge is -2.58. The molecule has 5 N–H and O–H groups in total. The Morgan fingerprint density at radius 2 is 1.85 bits per heavy atom. The first-order valence-corrected chi connectivity index (χ1v) is 11.8. The summed E-state index contributed by atoms with van der Waals surface area (Å²) >= 11 is 0. The van der Waals surface area contributed by atoms with Gasteiger partial charge in [-0.15, -0.1) is 0 Å². The van der Waals surface area contributed by atoms with E-state index in [1.54, 1.807) is 0 Å². The number of esters is 1. The number of ether oxygens (including phenoxy) is 5. The molecule has 192 valence electrons. The molecule has 1 spiro atoms. The molecule has 0 unspecified atom stereocenters. The van der Waals surface area contributed by atoms with Gasteiger partial charge in [0.25, 0.3) is 0 Å². The minimum Gasteiger partial charge on any atom is -0.465 e. The highest BCUT2D eigenvalue weighted by Crippen LogP contribution is 2.72. The SMILES string of the molecule is CC(=O)OC[C@]12CCC(C)=C[C@H]1O[C@@H]1[C@H](O)[C@@H](O[C@H]3O[C@H](CO)[C@@H](O)[C@H](O)[C@H]3O)[C@@]2(C)[C@]12CO2. The van der Waals surface area contributed by atoms with Crippen molar-refractivity contribution in [2.75, 3.05) is 19.8 Å². The van der Waals surface area contributed by atoms with E-state index >= 15 is 0 Å². The van der Waals surface area contributed by atoms with Crippen LogP contribution in [-0.2, 0) is 28.5 Å². The van der Waals surface area contributed by atoms with Crippen molar-refractivity contribution < 1.29 is 54.0 Å². The molecule has 34 heavy (non-hydrogen) atoms. The molecule has 5 rings (SSSR count). The van der Waals surface area contributed by atoms with E-state index in [9.17, 15) is 30.3 Å². The van der Waals surface area contributed by atoms with Gasteiger partial charge in [-0.2, -0.15) is 0 Å². The lowest BCUT2D eigenvalue weighted by Crippen LogP contribution is -2.67. The number of aliphatic hydroxyl groups excluding tert-OH is 5. The van der Waals surface area contributed by atoms with E-state index in [4.69, 9.17) is 23.7 Å². The normalized spacial score (nSPS) is 53.9. The predicted molar refractivity (Wildman–Crippen MR) is 112 cm³/mol. The molecule has 0 radical (unpaired) electrons. The molecule has 11 heteroatoms. The minimum absolute atomic E-state index is 0.0202. The van der Waals surface area contributed by atoms with Gasteiger partial charge in [-0.25, -0.2) is 0 Å². The van der Waals surface area contributed by atoms with Crippen LogP contribution < -0.4 is 0 Å². The average Bonchev–Trinajstić information content (AvgIpc) is 3.58. The van der Waals surface area contributed by atoms with E-state index in [-0.39, 0.29) is 6.61 Å². The third kappa shape index (κ3) is 3.12. The van der Waals surface area contributed by atoms with Crippen LogP contribution in [-0.4, -0.2) is 112 Å². The molecule has 3 heterocycles.